The Labute approximate surface area is 659 Å². The van der Waals surface area contributed by atoms with E-state index in [-0.39, 0.29) is 16.5 Å². The van der Waals surface area contributed by atoms with Crippen LogP contribution in [0.1, 0.15) is 538 Å². The van der Waals surface area contributed by atoms with Gasteiger partial charge in [-0.05, 0) is 160 Å². The maximum absolute atomic E-state index is 13.1. The molecule has 0 aromatic heterocycles. The number of benzene rings is 2. The summed E-state index contributed by atoms with van der Waals surface area (Å²) in [6, 6.07) is 10.3. The Balaban J connectivity index is 0.00000206. The zero-order chi connectivity index (χ0) is 74.2. The third-order valence-electron chi connectivity index (χ3n) is 22.8. The van der Waals surface area contributed by atoms with Gasteiger partial charge in [-0.3, -0.25) is 0 Å². The molecule has 0 unspecified atom stereocenters. The van der Waals surface area contributed by atoms with Gasteiger partial charge in [0, 0.05) is 22.3 Å². The summed E-state index contributed by atoms with van der Waals surface area (Å²) in [5, 5.41) is 0. The van der Waals surface area contributed by atoms with Crippen LogP contribution in [0.15, 0.2) is 35.4 Å². The van der Waals surface area contributed by atoms with Crippen molar-refractivity contribution in [3.8, 4) is 0 Å². The zero-order valence-electron chi connectivity index (χ0n) is 71.8. The van der Waals surface area contributed by atoms with Crippen LogP contribution in [-0.4, -0.2) is 4.70 Å². The van der Waals surface area contributed by atoms with Crippen LogP contribution in [-0.2, 0) is 55.0 Å². The third-order valence-corrected chi connectivity index (χ3v) is 22.8. The molecule has 0 bridgehead atoms. The van der Waals surface area contributed by atoms with Gasteiger partial charge in [-0.25, -0.2) is 4.70 Å². The monoisotopic (exact) mass is 1470 g/mol. The topological polar surface area (TPSA) is 25.3 Å². The first-order valence-corrected chi connectivity index (χ1v) is 47.1. The normalized spacial score (nSPS) is 12.2. The quantitative estimate of drug-likeness (QED) is 0.0273. The minimum atomic E-state index is 0. The molecule has 0 saturated heterocycles. The van der Waals surface area contributed by atoms with E-state index in [9.17, 15) is 5.53 Å². The molecule has 0 amide bonds. The van der Waals surface area contributed by atoms with Gasteiger partial charge in [0.1, 0.15) is 0 Å². The summed E-state index contributed by atoms with van der Waals surface area (Å²) in [7, 11) is 0. The van der Waals surface area contributed by atoms with Crippen LogP contribution in [0.3, 0.4) is 0 Å². The van der Waals surface area contributed by atoms with Gasteiger partial charge in [0.05, 0.1) is 0 Å². The average Bonchev–Trinajstić information content (AvgIpc) is 1.61. The first kappa shape index (κ1) is 101. The second-order valence-electron chi connectivity index (χ2n) is 32.6. The fraction of sp³-hybridized carbons (Fsp3) is 0.820. The van der Waals surface area contributed by atoms with Gasteiger partial charge >= 0.3 is 16.5 Å². The van der Waals surface area contributed by atoms with Crippen molar-refractivity contribution >= 4 is 11.4 Å². The second-order valence-corrected chi connectivity index (χ2v) is 32.6. The molecule has 0 atom stereocenters. The van der Waals surface area contributed by atoms with Crippen molar-refractivity contribution in [1.82, 2.24) is 0 Å². The molecule has 1 heterocycles. The van der Waals surface area contributed by atoms with Gasteiger partial charge in [-0.1, -0.05) is 416 Å². The van der Waals surface area contributed by atoms with E-state index in [1.807, 2.05) is 0 Å². The van der Waals surface area contributed by atoms with E-state index >= 15 is 0 Å². The minimum absolute atomic E-state index is 0. The molecule has 0 aliphatic carbocycles. The predicted octanol–water partition coefficient (Wildman–Crippen LogP) is 35.7. The Morgan fingerprint density at radius 3 is 0.563 bits per heavy atom. The van der Waals surface area contributed by atoms with Crippen molar-refractivity contribution in [2.75, 3.05) is 0 Å². The summed E-state index contributed by atoms with van der Waals surface area (Å²) in [4.78, 5) is 0. The first-order valence-electron chi connectivity index (χ1n) is 47.1. The van der Waals surface area contributed by atoms with Crippen molar-refractivity contribution in [2.24, 2.45) is 0 Å². The number of hydrogen-bond acceptors (Lipinski definition) is 0. The van der Waals surface area contributed by atoms with Crippen LogP contribution in [0, 0.1) is 13.8 Å². The van der Waals surface area contributed by atoms with E-state index < -0.39 is 0 Å². The molecule has 103 heavy (non-hydrogen) atoms. The molecule has 1 aliphatic heterocycles. The fourth-order valence-electron chi connectivity index (χ4n) is 16.1. The van der Waals surface area contributed by atoms with Gasteiger partial charge < -0.3 is 19.4 Å². The number of nitrogens with zero attached hydrogens (tertiary/aromatic N) is 2. The molecule has 602 valence electrons. The summed E-state index contributed by atoms with van der Waals surface area (Å²) < 4.78 is 1.76. The SMILES string of the molecule is CCCCCCc1cc(C2=C(CCCC)C(CCCC)=C(c3cc(CCCCCC)c(CCCCCC)c(CCCCCC)c3)[N+]2=[N-])cc(CCCCCC)c1CCCCCC.[CH2-]CCCCCCCCCCCCCCCCCCC.[CH2-]CCCCCCCCCCCCCCCCCCC.[Ni+2]. The zero-order valence-corrected chi connectivity index (χ0v) is 72.8. The van der Waals surface area contributed by atoms with Crippen LogP contribution in [0.25, 0.3) is 16.9 Å². The average molecular weight is 1470 g/mol. The van der Waals surface area contributed by atoms with E-state index in [0.29, 0.717) is 0 Å². The smallest absolute Gasteiger partial charge is 0.493 e. The molecule has 2 aromatic rings. The fourth-order valence-corrected chi connectivity index (χ4v) is 16.1. The van der Waals surface area contributed by atoms with Crippen molar-refractivity contribution in [1.29, 1.82) is 0 Å². The van der Waals surface area contributed by atoms with E-state index in [1.54, 1.807) is 38.1 Å². The molecular formula is C100H182N2Ni. The van der Waals surface area contributed by atoms with Crippen LogP contribution < -0.4 is 0 Å². The van der Waals surface area contributed by atoms with E-state index in [2.05, 4.69) is 107 Å². The maximum Gasteiger partial charge on any atom is 2.00 e. The minimum Gasteiger partial charge on any atom is -0.493 e. The summed E-state index contributed by atoms with van der Waals surface area (Å²) in [6.45, 7) is 31.1. The van der Waals surface area contributed by atoms with E-state index in [1.165, 1.54) is 408 Å². The first-order chi connectivity index (χ1) is 50.3. The van der Waals surface area contributed by atoms with Crippen molar-refractivity contribution in [3.63, 3.8) is 0 Å². The van der Waals surface area contributed by atoms with Gasteiger partial charge in [-0.15, -0.1) is 0 Å². The number of unbranched alkanes of at least 4 members (excludes halogenated alkanes) is 54. The van der Waals surface area contributed by atoms with E-state index in [4.69, 9.17) is 0 Å². The maximum atomic E-state index is 13.1. The van der Waals surface area contributed by atoms with Crippen LogP contribution in [0.4, 0.5) is 0 Å². The Morgan fingerprint density at radius 2 is 0.379 bits per heavy atom. The summed E-state index contributed by atoms with van der Waals surface area (Å²) >= 11 is 0. The number of allylic oxidation sites excluding steroid dienone is 2. The Hall–Kier alpha value is -1.99. The van der Waals surface area contributed by atoms with Crippen LogP contribution in [0.5, 0.6) is 0 Å². The molecular weight excluding hydrogens is 1290 g/mol. The molecule has 3 heteroatoms. The summed E-state index contributed by atoms with van der Waals surface area (Å²) in [5.74, 6) is 0. The number of aryl methyl sites for hydroxylation is 4. The summed E-state index contributed by atoms with van der Waals surface area (Å²) in [6.07, 6.45) is 96.5. The van der Waals surface area contributed by atoms with Crippen molar-refractivity contribution in [2.45, 2.75) is 532 Å². The number of hydrogen-bond donors (Lipinski definition) is 0. The Morgan fingerprint density at radius 1 is 0.214 bits per heavy atom. The van der Waals surface area contributed by atoms with Crippen LogP contribution >= 0.6 is 0 Å². The van der Waals surface area contributed by atoms with Crippen molar-refractivity contribution in [3.05, 3.63) is 99.3 Å². The van der Waals surface area contributed by atoms with Gasteiger partial charge in [0.2, 0.25) is 11.4 Å². The van der Waals surface area contributed by atoms with Crippen LogP contribution in [0.2, 0.25) is 0 Å². The summed E-state index contributed by atoms with van der Waals surface area (Å²) in [5.41, 5.74) is 30.4. The predicted molar refractivity (Wildman–Crippen MR) is 465 cm³/mol. The standard InChI is InChI=1S/C60H100N2.2C20H41.Ni/c1-9-17-25-31-37-49-45-53(46-50(38-32-26-18-10-2)55(49)43-35-29-21-13-5)59-57(41-23-15-7)58(42-24-16-8)60(62(59)61)54-47-51(39-33-27-19-11-3)56(44-36-30-22-14-6)52(48-54)40-34-28-20-12-4;2*1-3-5-7-9-11-13-15-17-19-20-18-16-14-12-10-8-6-4-2;/h45-48H,9-44H2,1-8H3;2*1,3-20H2,2H3;/q;2*-1;+2. The molecule has 3 rings (SSSR count). The molecule has 2 aromatic carbocycles. The van der Waals surface area contributed by atoms with Gasteiger partial charge in [-0.2, -0.15) is 12.8 Å². The Bertz CT molecular complexity index is 1970. The molecule has 0 radical (unpaired) electrons. The largest absolute Gasteiger partial charge is 2.00 e. The Kier molecular flexibility index (Phi) is 75.3. The molecule has 0 saturated carbocycles. The second kappa shape index (κ2) is 76.8. The molecule has 1 aliphatic rings. The molecule has 0 N–H and O–H groups in total. The molecule has 0 fully saturated rings. The van der Waals surface area contributed by atoms with Crippen molar-refractivity contribution < 1.29 is 21.2 Å². The van der Waals surface area contributed by atoms with E-state index in [0.717, 1.165) is 88.4 Å². The molecule has 2 nitrogen and oxygen atoms in total. The molecule has 0 spiro atoms. The third kappa shape index (κ3) is 51.9. The number of rotatable bonds is 72. The van der Waals surface area contributed by atoms with Gasteiger partial charge in [0.15, 0.2) is 0 Å². The van der Waals surface area contributed by atoms with Gasteiger partial charge in [0.25, 0.3) is 0 Å².